The van der Waals surface area contributed by atoms with Gasteiger partial charge in [-0.15, -0.1) is 5.10 Å². The smallest absolute Gasteiger partial charge is 0.277 e. The average Bonchev–Trinajstić information content (AvgIpc) is 3.05. The van der Waals surface area contributed by atoms with E-state index in [0.29, 0.717) is 18.1 Å². The molecule has 0 aliphatic rings. The molecule has 25 heavy (non-hydrogen) atoms. The van der Waals surface area contributed by atoms with Gasteiger partial charge in [0, 0.05) is 24.0 Å². The van der Waals surface area contributed by atoms with Crippen LogP contribution < -0.4 is 10.1 Å². The number of ether oxygens (including phenoxy) is 1. The molecule has 3 aromatic rings. The first kappa shape index (κ1) is 16.9. The van der Waals surface area contributed by atoms with Gasteiger partial charge in [0.15, 0.2) is 0 Å². The summed E-state index contributed by atoms with van der Waals surface area (Å²) in [5.74, 6) is -0.0882. The minimum atomic E-state index is -0.369. The van der Waals surface area contributed by atoms with E-state index in [1.165, 1.54) is 11.8 Å². The molecule has 8 heteroatoms. The Balaban J connectivity index is 1.75. The summed E-state index contributed by atoms with van der Waals surface area (Å²) in [4.78, 5) is 16.4. The lowest BCUT2D eigenvalue weighted by Gasteiger charge is -2.08. The van der Waals surface area contributed by atoms with Gasteiger partial charge in [-0.3, -0.25) is 9.78 Å². The van der Waals surface area contributed by atoms with E-state index in [0.717, 1.165) is 11.1 Å². The maximum atomic E-state index is 12.4. The van der Waals surface area contributed by atoms with Crippen LogP contribution in [0, 0.1) is 0 Å². The maximum Gasteiger partial charge on any atom is 0.277 e. The molecule has 0 saturated carbocycles. The van der Waals surface area contributed by atoms with E-state index in [1.54, 1.807) is 18.5 Å². The van der Waals surface area contributed by atoms with Crippen molar-refractivity contribution in [3.63, 3.8) is 0 Å². The van der Waals surface area contributed by atoms with Gasteiger partial charge >= 0.3 is 0 Å². The van der Waals surface area contributed by atoms with Crippen molar-refractivity contribution in [2.24, 2.45) is 0 Å². The number of methoxy groups -OCH3 is 1. The molecule has 0 aliphatic heterocycles. The third-order valence-electron chi connectivity index (χ3n) is 3.55. The molecule has 2 aromatic heterocycles. The number of rotatable bonds is 6. The van der Waals surface area contributed by atoms with Crippen molar-refractivity contribution in [3.8, 4) is 5.88 Å². The van der Waals surface area contributed by atoms with Crippen molar-refractivity contribution < 1.29 is 9.53 Å². The number of pyridine rings is 1. The third-order valence-corrected chi connectivity index (χ3v) is 3.92. The molecule has 1 aromatic carbocycles. The van der Waals surface area contributed by atoms with Gasteiger partial charge in [0.1, 0.15) is 0 Å². The van der Waals surface area contributed by atoms with Crippen LogP contribution in [-0.2, 0) is 13.1 Å². The van der Waals surface area contributed by atoms with Crippen molar-refractivity contribution >= 4 is 17.5 Å². The van der Waals surface area contributed by atoms with E-state index in [1.807, 2.05) is 30.3 Å². The zero-order valence-electron chi connectivity index (χ0n) is 13.5. The lowest BCUT2D eigenvalue weighted by molar-refractivity contribution is 0.0942. The number of benzene rings is 1. The molecule has 0 fully saturated rings. The highest BCUT2D eigenvalue weighted by atomic mass is 35.5. The summed E-state index contributed by atoms with van der Waals surface area (Å²) in [6.45, 7) is 0.693. The number of carbonyl (C=O) groups is 1. The number of nitrogens with zero attached hydrogens (tertiary/aromatic N) is 4. The number of halogens is 1. The van der Waals surface area contributed by atoms with Crippen molar-refractivity contribution in [3.05, 3.63) is 70.6 Å². The summed E-state index contributed by atoms with van der Waals surface area (Å²) in [6, 6.07) is 11.1. The Morgan fingerprint density at radius 1 is 1.28 bits per heavy atom. The molecular formula is C17H16ClN5O2. The van der Waals surface area contributed by atoms with E-state index in [4.69, 9.17) is 16.3 Å². The normalized spacial score (nSPS) is 10.5. The summed E-state index contributed by atoms with van der Waals surface area (Å²) in [5, 5.41) is 11.3. The van der Waals surface area contributed by atoms with Crippen LogP contribution in [-0.4, -0.2) is 33.0 Å². The van der Waals surface area contributed by atoms with Crippen LogP contribution in [0.1, 0.15) is 21.6 Å². The minimum absolute atomic E-state index is 0.124. The molecule has 1 N–H and O–H groups in total. The Kier molecular flexibility index (Phi) is 5.25. The molecule has 2 heterocycles. The first-order valence-electron chi connectivity index (χ1n) is 7.57. The highest BCUT2D eigenvalue weighted by molar-refractivity contribution is 6.31. The molecular weight excluding hydrogens is 342 g/mol. The van der Waals surface area contributed by atoms with Crippen LogP contribution in [0.2, 0.25) is 5.02 Å². The Labute approximate surface area is 149 Å². The minimum Gasteiger partial charge on any atom is -0.479 e. The second-order valence-electron chi connectivity index (χ2n) is 5.24. The van der Waals surface area contributed by atoms with E-state index in [-0.39, 0.29) is 17.5 Å². The van der Waals surface area contributed by atoms with Gasteiger partial charge in [-0.25, -0.2) is 4.68 Å². The Hall–Kier alpha value is -2.93. The lowest BCUT2D eigenvalue weighted by Crippen LogP contribution is -2.24. The number of hydrogen-bond donors (Lipinski definition) is 1. The van der Waals surface area contributed by atoms with Crippen LogP contribution >= 0.6 is 11.6 Å². The van der Waals surface area contributed by atoms with Gasteiger partial charge in [0.2, 0.25) is 11.6 Å². The molecule has 0 radical (unpaired) electrons. The van der Waals surface area contributed by atoms with Gasteiger partial charge in [-0.1, -0.05) is 41.1 Å². The summed E-state index contributed by atoms with van der Waals surface area (Å²) in [7, 11) is 1.47. The van der Waals surface area contributed by atoms with Crippen LogP contribution in [0.15, 0.2) is 48.8 Å². The average molecular weight is 358 g/mol. The Morgan fingerprint density at radius 2 is 2.12 bits per heavy atom. The van der Waals surface area contributed by atoms with Gasteiger partial charge in [-0.05, 0) is 23.3 Å². The highest BCUT2D eigenvalue weighted by Crippen LogP contribution is 2.21. The molecule has 0 unspecified atom stereocenters. The third kappa shape index (κ3) is 3.95. The molecule has 128 valence electrons. The fourth-order valence-corrected chi connectivity index (χ4v) is 2.50. The van der Waals surface area contributed by atoms with Gasteiger partial charge in [-0.2, -0.15) is 0 Å². The molecule has 0 spiro atoms. The first-order valence-corrected chi connectivity index (χ1v) is 7.95. The van der Waals surface area contributed by atoms with E-state index in [2.05, 4.69) is 20.6 Å². The number of amides is 1. The van der Waals surface area contributed by atoms with E-state index >= 15 is 0 Å². The number of carbonyl (C=O) groups excluding carboxylic acids is 1. The van der Waals surface area contributed by atoms with Gasteiger partial charge < -0.3 is 10.1 Å². The summed E-state index contributed by atoms with van der Waals surface area (Å²) >= 11 is 6.17. The molecule has 3 rings (SSSR count). The standard InChI is InChI=1S/C17H16ClN5O2/c1-25-17-15(16(24)20-10-12-5-4-8-19-9-12)21-22-23(17)11-13-6-2-3-7-14(13)18/h2-9H,10-11H2,1H3,(H,20,24). The summed E-state index contributed by atoms with van der Waals surface area (Å²) in [5.41, 5.74) is 1.87. The highest BCUT2D eigenvalue weighted by Gasteiger charge is 2.21. The predicted octanol–water partition coefficient (Wildman–Crippen LogP) is 2.31. The van der Waals surface area contributed by atoms with Crippen molar-refractivity contribution in [2.45, 2.75) is 13.1 Å². The number of aromatic nitrogens is 4. The molecule has 1 amide bonds. The number of hydrogen-bond acceptors (Lipinski definition) is 5. The van der Waals surface area contributed by atoms with Gasteiger partial charge in [0.25, 0.3) is 5.91 Å². The second-order valence-corrected chi connectivity index (χ2v) is 5.65. The number of nitrogens with one attached hydrogen (secondary N) is 1. The zero-order valence-corrected chi connectivity index (χ0v) is 14.3. The monoisotopic (exact) mass is 357 g/mol. The predicted molar refractivity (Wildman–Crippen MR) is 92.5 cm³/mol. The van der Waals surface area contributed by atoms with Crippen LogP contribution in [0.3, 0.4) is 0 Å². The Morgan fingerprint density at radius 3 is 2.84 bits per heavy atom. The Bertz CT molecular complexity index is 866. The maximum absolute atomic E-state index is 12.4. The molecule has 0 aliphatic carbocycles. The van der Waals surface area contributed by atoms with Crippen LogP contribution in [0.4, 0.5) is 0 Å². The van der Waals surface area contributed by atoms with E-state index < -0.39 is 0 Å². The van der Waals surface area contributed by atoms with Crippen LogP contribution in [0.5, 0.6) is 5.88 Å². The topological polar surface area (TPSA) is 81.9 Å². The first-order chi connectivity index (χ1) is 12.2. The SMILES string of the molecule is COc1c(C(=O)NCc2cccnc2)nnn1Cc1ccccc1Cl. The summed E-state index contributed by atoms with van der Waals surface area (Å²) in [6.07, 6.45) is 3.36. The largest absolute Gasteiger partial charge is 0.479 e. The molecule has 0 saturated heterocycles. The second kappa shape index (κ2) is 7.76. The quantitative estimate of drug-likeness (QED) is 0.732. The van der Waals surface area contributed by atoms with Crippen molar-refractivity contribution in [2.75, 3.05) is 7.11 Å². The van der Waals surface area contributed by atoms with Crippen LogP contribution in [0.25, 0.3) is 0 Å². The molecule has 0 atom stereocenters. The van der Waals surface area contributed by atoms with Crippen molar-refractivity contribution in [1.82, 2.24) is 25.3 Å². The summed E-state index contributed by atoms with van der Waals surface area (Å²) < 4.78 is 6.82. The van der Waals surface area contributed by atoms with Crippen molar-refractivity contribution in [1.29, 1.82) is 0 Å². The molecule has 7 nitrogen and oxygen atoms in total. The molecule has 0 bridgehead atoms. The van der Waals surface area contributed by atoms with Gasteiger partial charge in [0.05, 0.1) is 13.7 Å². The fourth-order valence-electron chi connectivity index (χ4n) is 2.31. The lowest BCUT2D eigenvalue weighted by atomic mass is 10.2. The zero-order chi connectivity index (χ0) is 17.6. The van der Waals surface area contributed by atoms with E-state index in [9.17, 15) is 4.79 Å². The fraction of sp³-hybridized carbons (Fsp3) is 0.176.